The number of rotatable bonds is 16. The molecule has 21 heavy (non-hydrogen) atoms. The molecule has 0 N–H and O–H groups in total. The quantitative estimate of drug-likeness (QED) is 0.269. The Morgan fingerprint density at radius 1 is 0.667 bits per heavy atom. The third-order valence-electron chi connectivity index (χ3n) is 4.07. The number of hydrogen-bond acceptors (Lipinski definition) is 2. The summed E-state index contributed by atoms with van der Waals surface area (Å²) in [5.41, 5.74) is 0. The highest BCUT2D eigenvalue weighted by molar-refractivity contribution is 8.32. The Labute approximate surface area is 141 Å². The molecule has 0 aliphatic rings. The van der Waals surface area contributed by atoms with Crippen molar-refractivity contribution in [2.24, 2.45) is 0 Å². The first-order valence-corrected chi connectivity index (χ1v) is 10.8. The Morgan fingerprint density at radius 3 is 1.33 bits per heavy atom. The van der Waals surface area contributed by atoms with Crippen LogP contribution in [0.15, 0.2) is 0 Å². The van der Waals surface area contributed by atoms with Crippen molar-refractivity contribution in [1.82, 2.24) is 0 Å². The van der Waals surface area contributed by atoms with Crippen LogP contribution in [0.2, 0.25) is 0 Å². The second-order valence-corrected chi connectivity index (χ2v) is 7.22. The number of carbonyl (C=O) groups is 1. The first-order chi connectivity index (χ1) is 10.3. The second kappa shape index (κ2) is 18.4. The molecule has 0 amide bonds. The molecule has 0 atom stereocenters. The molecular weight excluding hydrogens is 300 g/mol. The van der Waals surface area contributed by atoms with Gasteiger partial charge in [-0.3, -0.25) is 4.79 Å². The minimum Gasteiger partial charge on any atom is -0.286 e. The summed E-state index contributed by atoms with van der Waals surface area (Å²) < 4.78 is 0. The third kappa shape index (κ3) is 18.3. The van der Waals surface area contributed by atoms with Crippen molar-refractivity contribution in [3.05, 3.63) is 0 Å². The predicted molar refractivity (Wildman–Crippen MR) is 98.0 cm³/mol. The average molecular weight is 335 g/mol. The first kappa shape index (κ1) is 21.3. The summed E-state index contributed by atoms with van der Waals surface area (Å²) in [6.07, 6.45) is 21.0. The van der Waals surface area contributed by atoms with Crippen molar-refractivity contribution in [3.8, 4) is 0 Å². The van der Waals surface area contributed by atoms with Gasteiger partial charge in [0.1, 0.15) is 0 Å². The summed E-state index contributed by atoms with van der Waals surface area (Å²) >= 11 is 0. The van der Waals surface area contributed by atoms with Crippen molar-refractivity contribution in [2.45, 2.75) is 110 Å². The van der Waals surface area contributed by atoms with Crippen molar-refractivity contribution in [1.29, 1.82) is 0 Å². The molecule has 0 unspecified atom stereocenters. The normalized spacial score (nSPS) is 11.0. The van der Waals surface area contributed by atoms with E-state index in [9.17, 15) is 4.79 Å². The Bertz CT molecular complexity index is 221. The highest BCUT2D eigenvalue weighted by Gasteiger charge is 1.99. The summed E-state index contributed by atoms with van der Waals surface area (Å²) in [6.45, 7) is 2.28. The molecule has 0 radical (unpaired) electrons. The van der Waals surface area contributed by atoms with Crippen LogP contribution in [0.1, 0.15) is 110 Å². The number of unbranched alkanes of at least 4 members (excludes halogenated alkanes) is 14. The highest BCUT2D eigenvalue weighted by Crippen LogP contribution is 2.16. The minimum absolute atomic E-state index is 0.117. The molecule has 126 valence electrons. The van der Waals surface area contributed by atoms with Gasteiger partial charge in [-0.15, -0.1) is 0 Å². The SMILES string of the molecule is CCCCCCCCCCCCCCCCCC(=O)SCl. The van der Waals surface area contributed by atoms with Crippen LogP contribution >= 0.6 is 21.7 Å². The van der Waals surface area contributed by atoms with Crippen LogP contribution in [0.25, 0.3) is 0 Å². The lowest BCUT2D eigenvalue weighted by Crippen LogP contribution is -1.88. The lowest BCUT2D eigenvalue weighted by atomic mass is 10.0. The molecule has 0 aromatic carbocycles. The molecule has 0 saturated heterocycles. The molecule has 0 spiro atoms. The Hall–Kier alpha value is 0.310. The lowest BCUT2D eigenvalue weighted by molar-refractivity contribution is -0.110. The van der Waals surface area contributed by atoms with Gasteiger partial charge in [-0.25, -0.2) is 0 Å². The fourth-order valence-corrected chi connectivity index (χ4v) is 3.13. The number of hydrogen-bond donors (Lipinski definition) is 0. The van der Waals surface area contributed by atoms with Gasteiger partial charge in [-0.2, -0.15) is 0 Å². The van der Waals surface area contributed by atoms with E-state index in [0.29, 0.717) is 6.42 Å². The average Bonchev–Trinajstić information content (AvgIpc) is 2.50. The zero-order chi connectivity index (χ0) is 15.6. The molecule has 0 fully saturated rings. The monoisotopic (exact) mass is 334 g/mol. The van der Waals surface area contributed by atoms with Gasteiger partial charge in [0, 0.05) is 17.4 Å². The van der Waals surface area contributed by atoms with E-state index >= 15 is 0 Å². The van der Waals surface area contributed by atoms with Gasteiger partial charge in [-0.05, 0) is 17.1 Å². The highest BCUT2D eigenvalue weighted by atomic mass is 35.7. The fourth-order valence-electron chi connectivity index (χ4n) is 2.68. The standard InChI is InChI=1S/C18H35ClOS/c1-2-3-4-5-6-7-8-9-10-11-12-13-14-15-16-17-18(20)21-19/h2-17H2,1H3. The van der Waals surface area contributed by atoms with Crippen LogP contribution < -0.4 is 0 Å². The van der Waals surface area contributed by atoms with Crippen LogP contribution in [0.4, 0.5) is 0 Å². The van der Waals surface area contributed by atoms with Gasteiger partial charge in [0.25, 0.3) is 0 Å². The van der Waals surface area contributed by atoms with Crippen molar-refractivity contribution >= 4 is 26.8 Å². The van der Waals surface area contributed by atoms with E-state index in [1.807, 2.05) is 0 Å². The Kier molecular flexibility index (Phi) is 18.6. The topological polar surface area (TPSA) is 17.1 Å². The molecule has 0 bridgehead atoms. The van der Waals surface area contributed by atoms with E-state index in [1.165, 1.54) is 89.9 Å². The van der Waals surface area contributed by atoms with Crippen LogP contribution in [0.5, 0.6) is 0 Å². The molecular formula is C18H35ClOS. The molecule has 0 heterocycles. The molecule has 0 aromatic heterocycles. The minimum atomic E-state index is 0.117. The summed E-state index contributed by atoms with van der Waals surface area (Å²) in [4.78, 5) is 11.0. The molecule has 0 rings (SSSR count). The maximum absolute atomic E-state index is 11.0. The molecule has 3 heteroatoms. The maximum atomic E-state index is 11.0. The van der Waals surface area contributed by atoms with Gasteiger partial charge in [0.05, 0.1) is 0 Å². The maximum Gasteiger partial charge on any atom is 0.204 e. The predicted octanol–water partition coefficient (Wildman–Crippen LogP) is 7.66. The molecule has 0 aromatic rings. The molecule has 1 nitrogen and oxygen atoms in total. The van der Waals surface area contributed by atoms with Crippen LogP contribution in [0, 0.1) is 0 Å². The van der Waals surface area contributed by atoms with Gasteiger partial charge in [0.2, 0.25) is 5.12 Å². The largest absolute Gasteiger partial charge is 0.286 e. The molecule has 0 saturated carbocycles. The van der Waals surface area contributed by atoms with Gasteiger partial charge < -0.3 is 0 Å². The van der Waals surface area contributed by atoms with Gasteiger partial charge in [0.15, 0.2) is 0 Å². The van der Waals surface area contributed by atoms with Crippen molar-refractivity contribution < 1.29 is 4.79 Å². The van der Waals surface area contributed by atoms with E-state index in [1.54, 1.807) is 0 Å². The van der Waals surface area contributed by atoms with Gasteiger partial charge >= 0.3 is 0 Å². The van der Waals surface area contributed by atoms with E-state index in [2.05, 4.69) is 6.92 Å². The Balaban J connectivity index is 2.98. The Morgan fingerprint density at radius 2 is 1.00 bits per heavy atom. The summed E-state index contributed by atoms with van der Waals surface area (Å²) in [6, 6.07) is 0. The second-order valence-electron chi connectivity index (χ2n) is 6.15. The van der Waals surface area contributed by atoms with Gasteiger partial charge in [-0.1, -0.05) is 96.8 Å². The fraction of sp³-hybridized carbons (Fsp3) is 0.944. The van der Waals surface area contributed by atoms with Crippen molar-refractivity contribution in [2.75, 3.05) is 0 Å². The zero-order valence-corrected chi connectivity index (χ0v) is 15.6. The van der Waals surface area contributed by atoms with E-state index in [4.69, 9.17) is 10.7 Å². The van der Waals surface area contributed by atoms with Crippen LogP contribution in [0.3, 0.4) is 0 Å². The van der Waals surface area contributed by atoms with Crippen molar-refractivity contribution in [3.63, 3.8) is 0 Å². The van der Waals surface area contributed by atoms with E-state index < -0.39 is 0 Å². The molecule has 0 aliphatic carbocycles. The number of halogens is 1. The van der Waals surface area contributed by atoms with Crippen LogP contribution in [-0.4, -0.2) is 5.12 Å². The zero-order valence-electron chi connectivity index (χ0n) is 14.0. The third-order valence-corrected chi connectivity index (χ3v) is 4.96. The summed E-state index contributed by atoms with van der Waals surface area (Å²) in [5.74, 6) is 0. The number of carbonyl (C=O) groups excluding carboxylic acids is 1. The van der Waals surface area contributed by atoms with E-state index in [0.717, 1.165) is 17.4 Å². The van der Waals surface area contributed by atoms with E-state index in [-0.39, 0.29) is 5.12 Å². The van der Waals surface area contributed by atoms with Crippen LogP contribution in [-0.2, 0) is 4.79 Å². The summed E-state index contributed by atoms with van der Waals surface area (Å²) in [7, 11) is 6.23. The lowest BCUT2D eigenvalue weighted by Gasteiger charge is -2.03. The summed E-state index contributed by atoms with van der Waals surface area (Å²) in [5, 5.41) is 0.117. The smallest absolute Gasteiger partial charge is 0.204 e. The molecule has 0 aliphatic heterocycles. The first-order valence-electron chi connectivity index (χ1n) is 9.12.